The molecule has 0 unspecified atom stereocenters. The van der Waals surface area contributed by atoms with Crippen LogP contribution < -0.4 is 9.62 Å². The number of nitrogens with one attached hydrogen (secondary N) is 1. The van der Waals surface area contributed by atoms with Gasteiger partial charge < -0.3 is 14.5 Å². The molecule has 2 heterocycles. The first kappa shape index (κ1) is 21.9. The largest absolute Gasteiger partial charge is 0.383 e. The molecular weight excluding hydrogens is 404 g/mol. The predicted molar refractivity (Wildman–Crippen MR) is 115 cm³/mol. The van der Waals surface area contributed by atoms with Crippen LogP contribution in [-0.4, -0.2) is 64.5 Å². The predicted octanol–water partition coefficient (Wildman–Crippen LogP) is 1.65. The van der Waals surface area contributed by atoms with Gasteiger partial charge in [0.1, 0.15) is 10.7 Å². The maximum atomic E-state index is 12.6. The zero-order valence-electron chi connectivity index (χ0n) is 17.1. The Balaban J connectivity index is 1.64. The molecule has 8 nitrogen and oxygen atoms in total. The summed E-state index contributed by atoms with van der Waals surface area (Å²) >= 11 is 0. The number of carbonyl (C=O) groups is 1. The lowest BCUT2D eigenvalue weighted by atomic mass is 10.1. The first-order valence-electron chi connectivity index (χ1n) is 9.61. The van der Waals surface area contributed by atoms with E-state index in [2.05, 4.69) is 14.6 Å². The number of rotatable bonds is 8. The monoisotopic (exact) mass is 430 g/mol. The summed E-state index contributed by atoms with van der Waals surface area (Å²) in [4.78, 5) is 20.4. The van der Waals surface area contributed by atoms with Crippen LogP contribution in [0.3, 0.4) is 0 Å². The van der Waals surface area contributed by atoms with Gasteiger partial charge in [0.25, 0.3) is 0 Å². The fourth-order valence-electron chi connectivity index (χ4n) is 2.92. The number of pyridine rings is 1. The van der Waals surface area contributed by atoms with Crippen molar-refractivity contribution < 1.29 is 17.9 Å². The first-order valence-corrected chi connectivity index (χ1v) is 11.1. The number of benzene rings is 1. The summed E-state index contributed by atoms with van der Waals surface area (Å²) in [5.74, 6) is 0.588. The lowest BCUT2D eigenvalue weighted by Gasteiger charge is -2.27. The van der Waals surface area contributed by atoms with Crippen LogP contribution in [0, 0.1) is 0 Å². The van der Waals surface area contributed by atoms with Crippen molar-refractivity contribution in [1.82, 2.24) is 14.6 Å². The second kappa shape index (κ2) is 9.84. The molecule has 0 spiro atoms. The van der Waals surface area contributed by atoms with Crippen molar-refractivity contribution in [2.75, 3.05) is 45.3 Å². The Kier molecular flexibility index (Phi) is 7.20. The molecule has 0 radical (unpaired) electrons. The first-order chi connectivity index (χ1) is 14.3. The number of nitrogens with zero attached hydrogens (tertiary/aromatic N) is 3. The number of aromatic nitrogens is 1. The number of hydrogen-bond donors (Lipinski definition) is 1. The average molecular weight is 431 g/mol. The molecule has 1 saturated heterocycles. The molecule has 0 amide bonds. The fraction of sp³-hybridized carbons (Fsp3) is 0.333. The van der Waals surface area contributed by atoms with E-state index in [9.17, 15) is 13.2 Å². The zero-order chi connectivity index (χ0) is 21.6. The average Bonchev–Trinajstić information content (AvgIpc) is 2.77. The molecule has 30 heavy (non-hydrogen) atoms. The lowest BCUT2D eigenvalue weighted by molar-refractivity contribution is 0.104. The molecular formula is C21H26N4O4S. The summed E-state index contributed by atoms with van der Waals surface area (Å²) in [5, 5.41) is 0. The number of carbonyl (C=O) groups excluding carboxylic acids is 1. The van der Waals surface area contributed by atoms with E-state index in [0.29, 0.717) is 24.3 Å². The van der Waals surface area contributed by atoms with Gasteiger partial charge in [0.2, 0.25) is 10.0 Å². The molecule has 0 bridgehead atoms. The highest BCUT2D eigenvalue weighted by Gasteiger charge is 2.17. The Hall–Kier alpha value is -2.75. The van der Waals surface area contributed by atoms with Crippen molar-refractivity contribution >= 4 is 21.6 Å². The van der Waals surface area contributed by atoms with Gasteiger partial charge in [0.15, 0.2) is 5.78 Å². The fourth-order valence-corrected chi connectivity index (χ4v) is 3.88. The summed E-state index contributed by atoms with van der Waals surface area (Å²) < 4.78 is 33.1. The third-order valence-electron chi connectivity index (χ3n) is 4.57. The lowest BCUT2D eigenvalue weighted by Crippen LogP contribution is -2.36. The Morgan fingerprint density at radius 3 is 2.67 bits per heavy atom. The van der Waals surface area contributed by atoms with Crippen molar-refractivity contribution in [3.8, 4) is 0 Å². The molecule has 1 aliphatic rings. The summed E-state index contributed by atoms with van der Waals surface area (Å²) in [7, 11) is -0.0604. The Bertz CT molecular complexity index is 998. The maximum absolute atomic E-state index is 12.6. The number of hydrogen-bond acceptors (Lipinski definition) is 7. The van der Waals surface area contributed by atoms with Crippen LogP contribution in [0.1, 0.15) is 15.9 Å². The smallest absolute Gasteiger partial charge is 0.242 e. The van der Waals surface area contributed by atoms with E-state index in [4.69, 9.17) is 4.74 Å². The topological polar surface area (TPSA) is 91.8 Å². The van der Waals surface area contributed by atoms with E-state index in [0.717, 1.165) is 18.9 Å². The number of ketones is 1. The minimum Gasteiger partial charge on any atom is -0.383 e. The number of allylic oxidation sites excluding steroid dienone is 1. The second-order valence-electron chi connectivity index (χ2n) is 7.12. The molecule has 0 saturated carbocycles. The van der Waals surface area contributed by atoms with E-state index in [1.807, 2.05) is 14.1 Å². The van der Waals surface area contributed by atoms with Crippen molar-refractivity contribution in [2.45, 2.75) is 11.4 Å². The van der Waals surface area contributed by atoms with Gasteiger partial charge in [-0.05, 0) is 23.8 Å². The number of sulfonamides is 1. The van der Waals surface area contributed by atoms with Crippen molar-refractivity contribution in [3.05, 3.63) is 66.0 Å². The molecule has 0 atom stereocenters. The number of anilines is 1. The summed E-state index contributed by atoms with van der Waals surface area (Å²) in [5.41, 5.74) is 1.20. The molecule has 1 N–H and O–H groups in total. The SMILES string of the molecule is CN(C)C=CC(=O)c1cccc(CNS(=O)(=O)c2ccc(N3CCOCC3)nc2)c1. The molecule has 0 aliphatic carbocycles. The molecule has 160 valence electrons. The zero-order valence-corrected chi connectivity index (χ0v) is 17.9. The molecule has 1 fully saturated rings. The van der Waals surface area contributed by atoms with Gasteiger partial charge in [-0.2, -0.15) is 0 Å². The van der Waals surface area contributed by atoms with Crippen LogP contribution >= 0.6 is 0 Å². The van der Waals surface area contributed by atoms with E-state index in [1.54, 1.807) is 47.5 Å². The van der Waals surface area contributed by atoms with E-state index < -0.39 is 10.0 Å². The highest BCUT2D eigenvalue weighted by atomic mass is 32.2. The van der Waals surface area contributed by atoms with Crippen molar-refractivity contribution in [3.63, 3.8) is 0 Å². The highest BCUT2D eigenvalue weighted by molar-refractivity contribution is 7.89. The molecule has 1 aliphatic heterocycles. The summed E-state index contributed by atoms with van der Waals surface area (Å²) in [6, 6.07) is 10.1. The molecule has 9 heteroatoms. The Morgan fingerprint density at radius 2 is 2.00 bits per heavy atom. The standard InChI is InChI=1S/C21H26N4O4S/c1-24(2)9-8-20(26)18-5-3-4-17(14-18)15-23-30(27,28)19-6-7-21(22-16-19)25-10-12-29-13-11-25/h3-9,14,16,23H,10-13,15H2,1-2H3. The summed E-state index contributed by atoms with van der Waals surface area (Å²) in [6.45, 7) is 2.81. The molecule has 1 aromatic carbocycles. The minimum absolute atomic E-state index is 0.0755. The quantitative estimate of drug-likeness (QED) is 0.503. The maximum Gasteiger partial charge on any atom is 0.242 e. The molecule has 3 rings (SSSR count). The summed E-state index contributed by atoms with van der Waals surface area (Å²) in [6.07, 6.45) is 4.51. The van der Waals surface area contributed by atoms with Crippen LogP contribution in [0.15, 0.2) is 59.8 Å². The third kappa shape index (κ3) is 5.88. The number of ether oxygens (including phenoxy) is 1. The van der Waals surface area contributed by atoms with Crippen LogP contribution in [0.2, 0.25) is 0 Å². The van der Waals surface area contributed by atoms with Crippen LogP contribution in [0.4, 0.5) is 5.82 Å². The van der Waals surface area contributed by atoms with Gasteiger partial charge in [-0.25, -0.2) is 18.1 Å². The molecule has 1 aromatic heterocycles. The van der Waals surface area contributed by atoms with Gasteiger partial charge in [0.05, 0.1) is 13.2 Å². The Morgan fingerprint density at radius 1 is 1.23 bits per heavy atom. The van der Waals surface area contributed by atoms with Gasteiger partial charge >= 0.3 is 0 Å². The third-order valence-corrected chi connectivity index (χ3v) is 5.95. The van der Waals surface area contributed by atoms with Gasteiger partial charge in [-0.3, -0.25) is 4.79 Å². The van der Waals surface area contributed by atoms with E-state index in [1.165, 1.54) is 12.3 Å². The van der Waals surface area contributed by atoms with Gasteiger partial charge in [-0.15, -0.1) is 0 Å². The van der Waals surface area contributed by atoms with Crippen LogP contribution in [0.25, 0.3) is 0 Å². The molecule has 2 aromatic rings. The van der Waals surface area contributed by atoms with Crippen molar-refractivity contribution in [1.29, 1.82) is 0 Å². The van der Waals surface area contributed by atoms with Gasteiger partial charge in [-0.1, -0.05) is 18.2 Å². The van der Waals surface area contributed by atoms with E-state index in [-0.39, 0.29) is 17.2 Å². The number of morpholine rings is 1. The second-order valence-corrected chi connectivity index (χ2v) is 8.89. The minimum atomic E-state index is -3.72. The van der Waals surface area contributed by atoms with Crippen LogP contribution in [-0.2, 0) is 21.3 Å². The van der Waals surface area contributed by atoms with Crippen molar-refractivity contribution in [2.24, 2.45) is 0 Å². The Labute approximate surface area is 177 Å². The van der Waals surface area contributed by atoms with Gasteiger partial charge in [0, 0.05) is 57.8 Å². The van der Waals surface area contributed by atoms with E-state index >= 15 is 0 Å². The highest BCUT2D eigenvalue weighted by Crippen LogP contribution is 2.16. The van der Waals surface area contributed by atoms with Crippen LogP contribution in [0.5, 0.6) is 0 Å². The normalized spacial score (nSPS) is 14.8.